The van der Waals surface area contributed by atoms with Gasteiger partial charge in [-0.15, -0.1) is 0 Å². The first-order valence-corrected chi connectivity index (χ1v) is 6.94. The zero-order valence-electron chi connectivity index (χ0n) is 12.1. The second-order valence-corrected chi connectivity index (χ2v) is 5.16. The topological polar surface area (TPSA) is 42.0 Å². The van der Waals surface area contributed by atoms with Crippen molar-refractivity contribution < 1.29 is 14.6 Å². The number of hydrogen-bond donors (Lipinski definition) is 0. The van der Waals surface area contributed by atoms with Crippen LogP contribution in [-0.2, 0) is 16.3 Å². The molecule has 2 rings (SSSR count). The Hall–Kier alpha value is -1.59. The number of carbonyl (C=O) groups excluding carboxylic acids is 1. The molecule has 0 radical (unpaired) electrons. The summed E-state index contributed by atoms with van der Waals surface area (Å²) in [6.07, 6.45) is 1.69. The average Bonchev–Trinajstić information content (AvgIpc) is 2.48. The molecule has 1 aliphatic rings. The summed E-state index contributed by atoms with van der Waals surface area (Å²) in [6, 6.07) is 10.7. The summed E-state index contributed by atoms with van der Waals surface area (Å²) >= 11 is 0. The molecule has 110 valence electrons. The van der Waals surface area contributed by atoms with Crippen molar-refractivity contribution >= 4 is 6.09 Å². The van der Waals surface area contributed by atoms with Gasteiger partial charge in [0.05, 0.1) is 7.11 Å². The highest BCUT2D eigenvalue weighted by molar-refractivity contribution is 5.67. The summed E-state index contributed by atoms with van der Waals surface area (Å²) in [4.78, 5) is 24.7. The molecule has 0 N–H and O–H groups in total. The third-order valence-corrected chi connectivity index (χ3v) is 3.71. The maximum atomic E-state index is 11.7. The fourth-order valence-electron chi connectivity index (χ4n) is 2.60. The van der Waals surface area contributed by atoms with E-state index < -0.39 is 6.09 Å². The molecule has 5 heteroatoms. The van der Waals surface area contributed by atoms with Gasteiger partial charge < -0.3 is 4.90 Å². The summed E-state index contributed by atoms with van der Waals surface area (Å²) in [5, 5.41) is 0. The molecule has 1 heterocycles. The smallest absolute Gasteiger partial charge is 0.304 e. The first-order valence-electron chi connectivity index (χ1n) is 6.94. The third kappa shape index (κ3) is 3.95. The monoisotopic (exact) mass is 278 g/mol. The molecule has 1 aliphatic heterocycles. The van der Waals surface area contributed by atoms with E-state index in [1.165, 1.54) is 12.7 Å². The number of likely N-dealkylation sites (N-methyl/N-ethyl adjacent to an activating group) is 1. The van der Waals surface area contributed by atoms with E-state index in [9.17, 15) is 4.79 Å². The van der Waals surface area contributed by atoms with Gasteiger partial charge in [0.15, 0.2) is 0 Å². The van der Waals surface area contributed by atoms with E-state index in [0.717, 1.165) is 25.9 Å². The SMILES string of the molecule is COOC(=O)N1CCCC(N(C)Cc2ccccc2)C1. The van der Waals surface area contributed by atoms with Gasteiger partial charge >= 0.3 is 6.09 Å². The van der Waals surface area contributed by atoms with Crippen molar-refractivity contribution in [1.82, 2.24) is 9.80 Å². The van der Waals surface area contributed by atoms with Gasteiger partial charge in [-0.1, -0.05) is 30.3 Å². The molecular formula is C15H22N2O3. The Kier molecular flexibility index (Phi) is 5.38. The van der Waals surface area contributed by atoms with Crippen molar-refractivity contribution in [3.63, 3.8) is 0 Å². The van der Waals surface area contributed by atoms with Gasteiger partial charge in [-0.05, 0) is 25.5 Å². The highest BCUT2D eigenvalue weighted by atomic mass is 17.2. The number of nitrogens with zero attached hydrogens (tertiary/aromatic N) is 2. The van der Waals surface area contributed by atoms with Crippen LogP contribution in [0.2, 0.25) is 0 Å². The molecule has 0 spiro atoms. The standard InChI is InChI=1S/C15H22N2O3/c1-16(11-13-7-4-3-5-8-13)14-9-6-10-17(12-14)15(18)20-19-2/h3-5,7-8,14H,6,9-12H2,1-2H3. The lowest BCUT2D eigenvalue weighted by molar-refractivity contribution is -0.222. The van der Waals surface area contributed by atoms with Crippen LogP contribution in [0.25, 0.3) is 0 Å². The first-order chi connectivity index (χ1) is 9.70. The lowest BCUT2D eigenvalue weighted by atomic mass is 10.0. The van der Waals surface area contributed by atoms with Crippen LogP contribution in [0.3, 0.4) is 0 Å². The van der Waals surface area contributed by atoms with Crippen LogP contribution in [0.4, 0.5) is 4.79 Å². The molecule has 1 aromatic rings. The minimum absolute atomic E-state index is 0.355. The second-order valence-electron chi connectivity index (χ2n) is 5.16. The highest BCUT2D eigenvalue weighted by Crippen LogP contribution is 2.17. The van der Waals surface area contributed by atoms with Gasteiger partial charge in [-0.25, -0.2) is 4.79 Å². The van der Waals surface area contributed by atoms with Crippen LogP contribution in [-0.4, -0.2) is 49.2 Å². The predicted octanol–water partition coefficient (Wildman–Crippen LogP) is 2.28. The zero-order valence-corrected chi connectivity index (χ0v) is 12.1. The fourth-order valence-corrected chi connectivity index (χ4v) is 2.60. The Morgan fingerprint density at radius 2 is 2.15 bits per heavy atom. The van der Waals surface area contributed by atoms with E-state index in [1.54, 1.807) is 4.90 Å². The molecule has 0 aliphatic carbocycles. The van der Waals surface area contributed by atoms with Gasteiger partial charge in [0.1, 0.15) is 0 Å². The normalized spacial score (nSPS) is 19.1. The van der Waals surface area contributed by atoms with Crippen molar-refractivity contribution in [1.29, 1.82) is 0 Å². The van der Waals surface area contributed by atoms with Crippen molar-refractivity contribution in [3.05, 3.63) is 35.9 Å². The molecule has 1 unspecified atom stereocenters. The summed E-state index contributed by atoms with van der Waals surface area (Å²) in [7, 11) is 3.45. The fraction of sp³-hybridized carbons (Fsp3) is 0.533. The summed E-state index contributed by atoms with van der Waals surface area (Å²) in [5.74, 6) is 0. The minimum Gasteiger partial charge on any atom is -0.304 e. The molecule has 20 heavy (non-hydrogen) atoms. The summed E-state index contributed by atoms with van der Waals surface area (Å²) < 4.78 is 0. The molecular weight excluding hydrogens is 256 g/mol. The minimum atomic E-state index is -0.398. The van der Waals surface area contributed by atoms with Crippen LogP contribution >= 0.6 is 0 Å². The molecule has 1 atom stereocenters. The van der Waals surface area contributed by atoms with Crippen molar-refractivity contribution in [3.8, 4) is 0 Å². The largest absolute Gasteiger partial charge is 0.441 e. The number of hydrogen-bond acceptors (Lipinski definition) is 4. The Balaban J connectivity index is 1.89. The zero-order chi connectivity index (χ0) is 14.4. The Bertz CT molecular complexity index is 424. The number of carbonyl (C=O) groups is 1. The van der Waals surface area contributed by atoms with Crippen LogP contribution in [0, 0.1) is 0 Å². The maximum Gasteiger partial charge on any atom is 0.441 e. The van der Waals surface area contributed by atoms with Crippen molar-refractivity contribution in [2.45, 2.75) is 25.4 Å². The molecule has 0 aromatic heterocycles. The van der Waals surface area contributed by atoms with Crippen molar-refractivity contribution in [2.24, 2.45) is 0 Å². The average molecular weight is 278 g/mol. The van der Waals surface area contributed by atoms with Gasteiger partial charge in [0.2, 0.25) is 0 Å². The van der Waals surface area contributed by atoms with E-state index in [2.05, 4.69) is 33.9 Å². The molecule has 1 saturated heterocycles. The lowest BCUT2D eigenvalue weighted by Gasteiger charge is -2.36. The molecule has 0 bridgehead atoms. The van der Waals surface area contributed by atoms with Gasteiger partial charge in [-0.3, -0.25) is 9.79 Å². The Morgan fingerprint density at radius 1 is 1.40 bits per heavy atom. The maximum absolute atomic E-state index is 11.7. The van der Waals surface area contributed by atoms with E-state index in [4.69, 9.17) is 0 Å². The molecule has 1 amide bonds. The van der Waals surface area contributed by atoms with E-state index >= 15 is 0 Å². The second kappa shape index (κ2) is 7.26. The highest BCUT2D eigenvalue weighted by Gasteiger charge is 2.27. The number of piperidine rings is 1. The quantitative estimate of drug-likeness (QED) is 0.626. The molecule has 5 nitrogen and oxygen atoms in total. The summed E-state index contributed by atoms with van der Waals surface area (Å²) in [5.41, 5.74) is 1.28. The van der Waals surface area contributed by atoms with E-state index in [1.807, 2.05) is 18.2 Å². The van der Waals surface area contributed by atoms with E-state index in [-0.39, 0.29) is 0 Å². The lowest BCUT2D eigenvalue weighted by Crippen LogP contribution is -2.48. The molecule has 1 aromatic carbocycles. The molecule has 1 fully saturated rings. The third-order valence-electron chi connectivity index (χ3n) is 3.71. The number of likely N-dealkylation sites (tertiary alicyclic amines) is 1. The number of rotatable bonds is 4. The van der Waals surface area contributed by atoms with Crippen molar-refractivity contribution in [2.75, 3.05) is 27.2 Å². The van der Waals surface area contributed by atoms with Crippen LogP contribution in [0.1, 0.15) is 18.4 Å². The van der Waals surface area contributed by atoms with Crippen LogP contribution in [0.15, 0.2) is 30.3 Å². The van der Waals surface area contributed by atoms with Crippen LogP contribution < -0.4 is 0 Å². The van der Waals surface area contributed by atoms with Crippen LogP contribution in [0.5, 0.6) is 0 Å². The Morgan fingerprint density at radius 3 is 2.85 bits per heavy atom. The Labute approximate surface area is 120 Å². The first kappa shape index (κ1) is 14.8. The van der Waals surface area contributed by atoms with Gasteiger partial charge in [0, 0.05) is 25.7 Å². The predicted molar refractivity (Wildman–Crippen MR) is 76.0 cm³/mol. The van der Waals surface area contributed by atoms with E-state index in [0.29, 0.717) is 12.6 Å². The van der Waals surface area contributed by atoms with Gasteiger partial charge in [0.25, 0.3) is 0 Å². The number of amides is 1. The molecule has 0 saturated carbocycles. The summed E-state index contributed by atoms with van der Waals surface area (Å²) in [6.45, 7) is 2.31. The van der Waals surface area contributed by atoms with Gasteiger partial charge in [-0.2, -0.15) is 4.89 Å². The number of benzene rings is 1.